The van der Waals surface area contributed by atoms with Gasteiger partial charge >= 0.3 is 5.97 Å². The first-order chi connectivity index (χ1) is 9.61. The number of hydrogen-bond donors (Lipinski definition) is 1. The summed E-state index contributed by atoms with van der Waals surface area (Å²) in [5, 5.41) is 10.1. The number of rotatable bonds is 6. The van der Waals surface area contributed by atoms with E-state index in [2.05, 4.69) is 16.9 Å². The first kappa shape index (κ1) is 15.4. The number of carboxylic acid groups (broad SMARTS) is 1. The Hall–Kier alpha value is -0.980. The van der Waals surface area contributed by atoms with Gasteiger partial charge in [0.15, 0.2) is 0 Å². The largest absolute Gasteiger partial charge is 0.477 e. The first-order valence-corrected chi connectivity index (χ1v) is 7.84. The Labute approximate surface area is 123 Å². The molecule has 1 aromatic rings. The van der Waals surface area contributed by atoms with Gasteiger partial charge in [0.1, 0.15) is 9.88 Å². The number of aromatic nitrogens is 1. The molecule has 0 bridgehead atoms. The van der Waals surface area contributed by atoms with Crippen molar-refractivity contribution in [2.75, 3.05) is 14.2 Å². The summed E-state index contributed by atoms with van der Waals surface area (Å²) in [7, 11) is 3.66. The molecule has 1 aliphatic carbocycles. The molecule has 0 radical (unpaired) electrons. The van der Waals surface area contributed by atoms with Gasteiger partial charge in [0, 0.05) is 13.2 Å². The number of carbonyl (C=O) groups is 1. The molecule has 6 heteroatoms. The molecular formula is C14H22N2O3S. The van der Waals surface area contributed by atoms with Crippen LogP contribution in [0.1, 0.15) is 52.5 Å². The maximum absolute atomic E-state index is 11.2. The molecule has 0 saturated heterocycles. The summed E-state index contributed by atoms with van der Waals surface area (Å²) >= 11 is 1.27. The molecule has 20 heavy (non-hydrogen) atoms. The van der Waals surface area contributed by atoms with Crippen molar-refractivity contribution >= 4 is 17.3 Å². The van der Waals surface area contributed by atoms with Crippen LogP contribution in [-0.2, 0) is 17.9 Å². The van der Waals surface area contributed by atoms with E-state index in [0.717, 1.165) is 11.6 Å². The smallest absolute Gasteiger partial charge is 0.347 e. The van der Waals surface area contributed by atoms with Crippen LogP contribution in [0.2, 0.25) is 0 Å². The number of hydrogen-bond acceptors (Lipinski definition) is 5. The van der Waals surface area contributed by atoms with Crippen LogP contribution >= 0.6 is 11.3 Å². The molecule has 0 spiro atoms. The van der Waals surface area contributed by atoms with E-state index in [1.165, 1.54) is 43.4 Å². The van der Waals surface area contributed by atoms with Gasteiger partial charge in [0.25, 0.3) is 0 Å². The van der Waals surface area contributed by atoms with Crippen LogP contribution in [0.15, 0.2) is 0 Å². The normalized spacial score (nSPS) is 16.8. The van der Waals surface area contributed by atoms with E-state index in [-0.39, 0.29) is 6.61 Å². The van der Waals surface area contributed by atoms with E-state index in [9.17, 15) is 9.90 Å². The van der Waals surface area contributed by atoms with Gasteiger partial charge in [0.05, 0.1) is 18.8 Å². The Balaban J connectivity index is 2.04. The topological polar surface area (TPSA) is 62.7 Å². The van der Waals surface area contributed by atoms with Gasteiger partial charge < -0.3 is 9.84 Å². The zero-order valence-corrected chi connectivity index (χ0v) is 12.9. The van der Waals surface area contributed by atoms with Gasteiger partial charge in [-0.3, -0.25) is 4.90 Å². The molecule has 0 aliphatic heterocycles. The monoisotopic (exact) mass is 298 g/mol. The molecule has 1 aromatic heterocycles. The maximum atomic E-state index is 11.2. The molecule has 0 aromatic carbocycles. The minimum Gasteiger partial charge on any atom is -0.477 e. The summed E-state index contributed by atoms with van der Waals surface area (Å²) in [4.78, 5) is 18.2. The number of carboxylic acids is 1. The zero-order chi connectivity index (χ0) is 14.5. The Morgan fingerprint density at radius 1 is 1.45 bits per heavy atom. The summed E-state index contributed by atoms with van der Waals surface area (Å²) in [6, 6.07) is 0.604. The highest BCUT2D eigenvalue weighted by molar-refractivity contribution is 7.13. The van der Waals surface area contributed by atoms with Crippen LogP contribution in [0.25, 0.3) is 0 Å². The molecule has 1 aliphatic rings. The van der Waals surface area contributed by atoms with Gasteiger partial charge in [-0.25, -0.2) is 9.78 Å². The van der Waals surface area contributed by atoms with Gasteiger partial charge in [-0.1, -0.05) is 19.3 Å². The van der Waals surface area contributed by atoms with E-state index >= 15 is 0 Å². The van der Waals surface area contributed by atoms with Gasteiger partial charge in [-0.2, -0.15) is 0 Å². The average Bonchev–Trinajstić information content (AvgIpc) is 2.83. The zero-order valence-electron chi connectivity index (χ0n) is 12.1. The quantitative estimate of drug-likeness (QED) is 0.875. The molecule has 1 heterocycles. The molecule has 5 nitrogen and oxygen atoms in total. The van der Waals surface area contributed by atoms with Crippen LogP contribution in [0.4, 0.5) is 0 Å². The fraction of sp³-hybridized carbons (Fsp3) is 0.714. The Bertz CT molecular complexity index is 455. The predicted molar refractivity (Wildman–Crippen MR) is 78.1 cm³/mol. The Morgan fingerprint density at radius 3 is 2.75 bits per heavy atom. The lowest BCUT2D eigenvalue weighted by Gasteiger charge is -2.30. The van der Waals surface area contributed by atoms with Gasteiger partial charge in [0.2, 0.25) is 0 Å². The first-order valence-electron chi connectivity index (χ1n) is 7.03. The SMILES string of the molecule is COCc1nc(CN(C)C2CCCCC2)sc1C(=O)O. The van der Waals surface area contributed by atoms with E-state index in [0.29, 0.717) is 16.6 Å². The third-order valence-corrected chi connectivity index (χ3v) is 4.87. The third-order valence-electron chi connectivity index (χ3n) is 3.80. The summed E-state index contributed by atoms with van der Waals surface area (Å²) in [6.45, 7) is 0.977. The second-order valence-corrected chi connectivity index (χ2v) is 6.41. The fourth-order valence-corrected chi connectivity index (χ4v) is 3.70. The highest BCUT2D eigenvalue weighted by atomic mass is 32.1. The number of nitrogens with zero attached hydrogens (tertiary/aromatic N) is 2. The van der Waals surface area contributed by atoms with Gasteiger partial charge in [-0.05, 0) is 19.9 Å². The van der Waals surface area contributed by atoms with Crippen molar-refractivity contribution in [1.29, 1.82) is 0 Å². The lowest BCUT2D eigenvalue weighted by Crippen LogP contribution is -2.32. The highest BCUT2D eigenvalue weighted by Crippen LogP contribution is 2.25. The number of methoxy groups -OCH3 is 1. The second-order valence-electron chi connectivity index (χ2n) is 5.33. The molecule has 1 fully saturated rings. The number of thiazole rings is 1. The summed E-state index contributed by atoms with van der Waals surface area (Å²) < 4.78 is 5.02. The molecule has 0 unspecified atom stereocenters. The average molecular weight is 298 g/mol. The van der Waals surface area contributed by atoms with Crippen molar-refractivity contribution in [2.45, 2.75) is 51.3 Å². The minimum absolute atomic E-state index is 0.255. The summed E-state index contributed by atoms with van der Waals surface area (Å²) in [5.74, 6) is -0.916. The minimum atomic E-state index is -0.916. The molecule has 2 rings (SSSR count). The summed E-state index contributed by atoms with van der Waals surface area (Å²) in [5.41, 5.74) is 0.539. The summed E-state index contributed by atoms with van der Waals surface area (Å²) in [6.07, 6.45) is 6.39. The van der Waals surface area contributed by atoms with Crippen LogP contribution in [0, 0.1) is 0 Å². The molecule has 1 N–H and O–H groups in total. The lowest BCUT2D eigenvalue weighted by atomic mass is 9.94. The number of aromatic carboxylic acids is 1. The number of ether oxygens (including phenoxy) is 1. The standard InChI is InChI=1S/C14H22N2O3S/c1-16(10-6-4-3-5-7-10)8-12-15-11(9-19-2)13(20-12)14(17)18/h10H,3-9H2,1-2H3,(H,17,18). The van der Waals surface area contributed by atoms with Crippen LogP contribution in [0.5, 0.6) is 0 Å². The van der Waals surface area contributed by atoms with E-state index in [1.54, 1.807) is 7.11 Å². The molecular weight excluding hydrogens is 276 g/mol. The maximum Gasteiger partial charge on any atom is 0.347 e. The Kier molecular flexibility index (Phi) is 5.51. The molecule has 112 valence electrons. The molecule has 1 saturated carbocycles. The second kappa shape index (κ2) is 7.15. The lowest BCUT2D eigenvalue weighted by molar-refractivity contribution is 0.0697. The predicted octanol–water partition coefficient (Wildman–Crippen LogP) is 2.75. The van der Waals surface area contributed by atoms with E-state index in [1.807, 2.05) is 0 Å². The van der Waals surface area contributed by atoms with E-state index in [4.69, 9.17) is 4.74 Å². The van der Waals surface area contributed by atoms with Gasteiger partial charge in [-0.15, -0.1) is 11.3 Å². The van der Waals surface area contributed by atoms with Crippen molar-refractivity contribution in [3.8, 4) is 0 Å². The van der Waals surface area contributed by atoms with Crippen molar-refractivity contribution in [3.05, 3.63) is 15.6 Å². The van der Waals surface area contributed by atoms with Crippen molar-refractivity contribution in [2.24, 2.45) is 0 Å². The van der Waals surface area contributed by atoms with Crippen molar-refractivity contribution in [3.63, 3.8) is 0 Å². The Morgan fingerprint density at radius 2 is 2.15 bits per heavy atom. The third kappa shape index (κ3) is 3.77. The van der Waals surface area contributed by atoms with Crippen molar-refractivity contribution < 1.29 is 14.6 Å². The van der Waals surface area contributed by atoms with Crippen LogP contribution < -0.4 is 0 Å². The highest BCUT2D eigenvalue weighted by Gasteiger charge is 2.21. The fourth-order valence-electron chi connectivity index (χ4n) is 2.73. The molecule has 0 atom stereocenters. The van der Waals surface area contributed by atoms with Crippen molar-refractivity contribution in [1.82, 2.24) is 9.88 Å². The molecule has 0 amide bonds. The van der Waals surface area contributed by atoms with Crippen LogP contribution in [-0.4, -0.2) is 41.2 Å². The van der Waals surface area contributed by atoms with Crippen LogP contribution in [0.3, 0.4) is 0 Å². The van der Waals surface area contributed by atoms with E-state index < -0.39 is 5.97 Å².